The van der Waals surface area contributed by atoms with Crippen LogP contribution in [0.3, 0.4) is 0 Å². The first-order valence-corrected chi connectivity index (χ1v) is 11.2. The number of piperidine rings is 1. The summed E-state index contributed by atoms with van der Waals surface area (Å²) in [7, 11) is 0. The van der Waals surface area contributed by atoms with Gasteiger partial charge in [0.2, 0.25) is 5.91 Å². The predicted molar refractivity (Wildman–Crippen MR) is 117 cm³/mol. The van der Waals surface area contributed by atoms with Gasteiger partial charge in [0, 0.05) is 37.0 Å². The molecule has 0 aliphatic carbocycles. The highest BCUT2D eigenvalue weighted by Gasteiger charge is 2.34. The Hall–Kier alpha value is -2.90. The summed E-state index contributed by atoms with van der Waals surface area (Å²) in [6, 6.07) is -0.216. The Balaban J connectivity index is 1.72. The molecule has 2 aliphatic heterocycles. The van der Waals surface area contributed by atoms with Crippen molar-refractivity contribution in [2.45, 2.75) is 72.3 Å². The summed E-state index contributed by atoms with van der Waals surface area (Å²) in [5.74, 6) is 2.04. The van der Waals surface area contributed by atoms with E-state index in [9.17, 15) is 9.59 Å². The number of aromatic nitrogens is 4. The molecule has 31 heavy (non-hydrogen) atoms. The predicted octanol–water partition coefficient (Wildman–Crippen LogP) is 3.25. The number of aryl methyl sites for hydroxylation is 3. The van der Waals surface area contributed by atoms with Gasteiger partial charge in [0.05, 0.1) is 17.3 Å². The molecular weight excluding hydrogens is 392 g/mol. The molecule has 8 nitrogen and oxygen atoms in total. The first kappa shape index (κ1) is 21.3. The topological polar surface area (TPSA) is 92.2 Å². The Labute approximate surface area is 183 Å². The van der Waals surface area contributed by atoms with Gasteiger partial charge in [0.25, 0.3) is 5.91 Å². The fourth-order valence-corrected chi connectivity index (χ4v) is 4.60. The fraction of sp³-hybridized carbons (Fsp3) is 0.565. The minimum atomic E-state index is -0.216. The van der Waals surface area contributed by atoms with E-state index in [1.165, 1.54) is 0 Å². The van der Waals surface area contributed by atoms with Crippen LogP contribution in [0.4, 0.5) is 5.82 Å². The van der Waals surface area contributed by atoms with Gasteiger partial charge in [-0.2, -0.15) is 0 Å². The van der Waals surface area contributed by atoms with Crippen molar-refractivity contribution in [2.75, 3.05) is 18.0 Å². The summed E-state index contributed by atoms with van der Waals surface area (Å²) in [5.41, 5.74) is 3.16. The van der Waals surface area contributed by atoms with Gasteiger partial charge in [-0.25, -0.2) is 19.9 Å². The third-order valence-corrected chi connectivity index (χ3v) is 6.19. The molecule has 1 saturated heterocycles. The molecular formula is C23H30N6O2. The lowest BCUT2D eigenvalue weighted by atomic mass is 9.98. The molecule has 0 saturated carbocycles. The maximum Gasteiger partial charge on any atom is 0.257 e. The van der Waals surface area contributed by atoms with Crippen LogP contribution in [-0.2, 0) is 11.2 Å². The van der Waals surface area contributed by atoms with E-state index in [0.29, 0.717) is 48.8 Å². The van der Waals surface area contributed by atoms with Gasteiger partial charge in [-0.05, 0) is 52.9 Å². The third-order valence-electron chi connectivity index (χ3n) is 6.19. The highest BCUT2D eigenvalue weighted by Crippen LogP contribution is 2.34. The Morgan fingerprint density at radius 3 is 2.65 bits per heavy atom. The Bertz CT molecular complexity index is 1020. The number of rotatable bonds is 4. The molecule has 2 aromatic heterocycles. The maximum atomic E-state index is 13.4. The molecule has 2 aromatic rings. The number of nitrogens with zero attached hydrogens (tertiary/aromatic N) is 6. The second-order valence-electron chi connectivity index (χ2n) is 8.44. The summed E-state index contributed by atoms with van der Waals surface area (Å²) in [6.45, 7) is 9.00. The molecule has 2 amide bonds. The van der Waals surface area contributed by atoms with Gasteiger partial charge < -0.3 is 4.90 Å². The van der Waals surface area contributed by atoms with E-state index >= 15 is 0 Å². The molecule has 164 valence electrons. The minimum absolute atomic E-state index is 0.0809. The number of anilines is 1. The monoisotopic (exact) mass is 422 g/mol. The molecule has 0 aromatic carbocycles. The van der Waals surface area contributed by atoms with Gasteiger partial charge in [-0.1, -0.05) is 6.92 Å². The zero-order valence-corrected chi connectivity index (χ0v) is 18.8. The number of fused-ring (bicyclic) bond motifs is 1. The smallest absolute Gasteiger partial charge is 0.257 e. The van der Waals surface area contributed by atoms with Gasteiger partial charge in [-0.15, -0.1) is 0 Å². The van der Waals surface area contributed by atoms with E-state index in [-0.39, 0.29) is 17.9 Å². The quantitative estimate of drug-likeness (QED) is 0.751. The van der Waals surface area contributed by atoms with E-state index in [1.54, 1.807) is 11.1 Å². The lowest BCUT2D eigenvalue weighted by molar-refractivity contribution is -0.119. The molecule has 0 spiro atoms. The van der Waals surface area contributed by atoms with E-state index in [1.807, 2.05) is 25.7 Å². The normalized spacial score (nSPS) is 18.8. The van der Waals surface area contributed by atoms with Crippen LogP contribution in [-0.4, -0.2) is 49.7 Å². The first-order valence-electron chi connectivity index (χ1n) is 11.2. The van der Waals surface area contributed by atoms with Crippen molar-refractivity contribution >= 4 is 17.6 Å². The number of carbonyl (C=O) groups is 2. The molecule has 1 unspecified atom stereocenters. The van der Waals surface area contributed by atoms with Crippen molar-refractivity contribution in [1.82, 2.24) is 24.8 Å². The summed E-state index contributed by atoms with van der Waals surface area (Å²) >= 11 is 0. The van der Waals surface area contributed by atoms with E-state index < -0.39 is 0 Å². The van der Waals surface area contributed by atoms with Crippen LogP contribution >= 0.6 is 0 Å². The standard InChI is InChI=1S/C23H30N6O2/c1-5-11-29-20(30)10-9-17-14(2)26-21(27-22(17)29)19-8-6-7-12-28(19)23(31)18-13-24-16(4)25-15(18)3/h13,19H,5-12H2,1-4H3. The van der Waals surface area contributed by atoms with E-state index in [0.717, 1.165) is 42.8 Å². The summed E-state index contributed by atoms with van der Waals surface area (Å²) in [4.78, 5) is 47.9. The average molecular weight is 423 g/mol. The van der Waals surface area contributed by atoms with Crippen molar-refractivity contribution in [3.63, 3.8) is 0 Å². The number of amides is 2. The van der Waals surface area contributed by atoms with Crippen molar-refractivity contribution in [2.24, 2.45) is 0 Å². The Morgan fingerprint density at radius 2 is 1.90 bits per heavy atom. The van der Waals surface area contributed by atoms with Crippen LogP contribution in [0.5, 0.6) is 0 Å². The van der Waals surface area contributed by atoms with Crippen LogP contribution in [0.15, 0.2) is 6.20 Å². The van der Waals surface area contributed by atoms with Gasteiger partial charge in [0.15, 0.2) is 5.82 Å². The zero-order valence-electron chi connectivity index (χ0n) is 18.8. The van der Waals surface area contributed by atoms with E-state index in [2.05, 4.69) is 16.9 Å². The van der Waals surface area contributed by atoms with Crippen LogP contribution in [0.25, 0.3) is 0 Å². The van der Waals surface area contributed by atoms with Crippen molar-refractivity contribution < 1.29 is 9.59 Å². The third kappa shape index (κ3) is 4.03. The van der Waals surface area contributed by atoms with Crippen molar-refractivity contribution in [3.8, 4) is 0 Å². The molecule has 2 aliphatic rings. The number of carbonyl (C=O) groups excluding carboxylic acids is 2. The van der Waals surface area contributed by atoms with Gasteiger partial charge in [0.1, 0.15) is 11.6 Å². The molecule has 4 heterocycles. The lowest BCUT2D eigenvalue weighted by Gasteiger charge is -2.36. The van der Waals surface area contributed by atoms with Gasteiger partial charge >= 0.3 is 0 Å². The summed E-state index contributed by atoms with van der Waals surface area (Å²) in [6.07, 6.45) is 6.41. The van der Waals surface area contributed by atoms with Crippen molar-refractivity contribution in [1.29, 1.82) is 0 Å². The number of hydrogen-bond acceptors (Lipinski definition) is 6. The SMILES string of the molecule is CCCN1C(=O)CCc2c(C)nc(C3CCCCN3C(=O)c3cnc(C)nc3C)nc21. The Morgan fingerprint density at radius 1 is 1.10 bits per heavy atom. The zero-order chi connectivity index (χ0) is 22.1. The highest BCUT2D eigenvalue weighted by atomic mass is 16.2. The van der Waals surface area contributed by atoms with Crippen LogP contribution in [0.2, 0.25) is 0 Å². The molecule has 0 radical (unpaired) electrons. The minimum Gasteiger partial charge on any atom is -0.328 e. The maximum absolute atomic E-state index is 13.4. The van der Waals surface area contributed by atoms with Gasteiger partial charge in [-0.3, -0.25) is 14.5 Å². The van der Waals surface area contributed by atoms with Crippen LogP contribution < -0.4 is 4.90 Å². The molecule has 4 rings (SSSR count). The lowest BCUT2D eigenvalue weighted by Crippen LogP contribution is -2.41. The summed E-state index contributed by atoms with van der Waals surface area (Å²) < 4.78 is 0. The van der Waals surface area contributed by atoms with Crippen LogP contribution in [0.1, 0.15) is 84.0 Å². The largest absolute Gasteiger partial charge is 0.328 e. The second kappa shape index (κ2) is 8.69. The molecule has 0 bridgehead atoms. The molecule has 1 fully saturated rings. The van der Waals surface area contributed by atoms with Crippen molar-refractivity contribution in [3.05, 3.63) is 40.4 Å². The Kier molecular flexibility index (Phi) is 5.98. The summed E-state index contributed by atoms with van der Waals surface area (Å²) in [5, 5.41) is 0. The second-order valence-corrected chi connectivity index (χ2v) is 8.44. The number of likely N-dealkylation sites (tertiary alicyclic amines) is 1. The molecule has 8 heteroatoms. The van der Waals surface area contributed by atoms with E-state index in [4.69, 9.17) is 9.97 Å². The fourth-order valence-electron chi connectivity index (χ4n) is 4.60. The van der Waals surface area contributed by atoms with Crippen LogP contribution in [0, 0.1) is 20.8 Å². The molecule has 0 N–H and O–H groups in total. The highest BCUT2D eigenvalue weighted by molar-refractivity contribution is 5.96. The average Bonchev–Trinajstić information content (AvgIpc) is 2.75. The molecule has 1 atom stereocenters. The number of hydrogen-bond donors (Lipinski definition) is 0. The first-order chi connectivity index (χ1) is 14.9.